The Bertz CT molecular complexity index is 451. The fourth-order valence-corrected chi connectivity index (χ4v) is 2.26. The number of alkyl halides is 2. The van der Waals surface area contributed by atoms with Gasteiger partial charge in [0.1, 0.15) is 0 Å². The average Bonchev–Trinajstić information content (AvgIpc) is 2.27. The van der Waals surface area contributed by atoms with E-state index in [1.165, 1.54) is 0 Å². The summed E-state index contributed by atoms with van der Waals surface area (Å²) in [5.41, 5.74) is -0.289. The van der Waals surface area contributed by atoms with Gasteiger partial charge in [-0.2, -0.15) is 0 Å². The maximum absolute atomic E-state index is 12.4. The third-order valence-electron chi connectivity index (χ3n) is 2.26. The van der Waals surface area contributed by atoms with Crippen molar-refractivity contribution in [2.75, 3.05) is 24.6 Å². The lowest BCUT2D eigenvalue weighted by atomic mass is 10.2. The molecule has 1 N–H and O–H groups in total. The summed E-state index contributed by atoms with van der Waals surface area (Å²) in [7, 11) is 0. The van der Waals surface area contributed by atoms with Gasteiger partial charge in [0, 0.05) is 18.7 Å². The molecule has 1 rings (SSSR count). The van der Waals surface area contributed by atoms with Crippen LogP contribution in [0, 0.1) is 10.1 Å². The SMILES string of the molecule is O=[N+]([O-])c1cc(Cl)c(N(CCO)CC(F)F)c(Cl)c1. The molecule has 0 heterocycles. The molecule has 0 saturated heterocycles. The number of nitro groups is 1. The predicted molar refractivity (Wildman–Crippen MR) is 68.4 cm³/mol. The van der Waals surface area contributed by atoms with E-state index >= 15 is 0 Å². The molecular formula is C10H10Cl2F2N2O3. The van der Waals surface area contributed by atoms with Crippen LogP contribution in [0.1, 0.15) is 0 Å². The standard InChI is InChI=1S/C10H10Cl2F2N2O3/c11-7-3-6(16(18)19)4-8(12)10(7)15(1-2-17)5-9(13)14/h3-4,9,17H,1-2,5H2. The number of rotatable bonds is 6. The van der Waals surface area contributed by atoms with E-state index in [1.807, 2.05) is 0 Å². The molecule has 0 fully saturated rings. The average molecular weight is 315 g/mol. The van der Waals surface area contributed by atoms with Crippen LogP contribution in [0.5, 0.6) is 0 Å². The zero-order valence-electron chi connectivity index (χ0n) is 9.52. The van der Waals surface area contributed by atoms with Crippen LogP contribution in [0.4, 0.5) is 20.2 Å². The lowest BCUT2D eigenvalue weighted by Gasteiger charge is -2.25. The zero-order valence-corrected chi connectivity index (χ0v) is 11.0. The molecule has 0 aromatic heterocycles. The molecule has 0 saturated carbocycles. The van der Waals surface area contributed by atoms with Crippen LogP contribution >= 0.6 is 23.2 Å². The highest BCUT2D eigenvalue weighted by molar-refractivity contribution is 6.39. The van der Waals surface area contributed by atoms with Crippen LogP contribution in [0.25, 0.3) is 0 Å². The number of nitro benzene ring substituents is 1. The topological polar surface area (TPSA) is 66.6 Å². The largest absolute Gasteiger partial charge is 0.395 e. The quantitative estimate of drug-likeness (QED) is 0.647. The molecule has 0 radical (unpaired) electrons. The molecule has 0 atom stereocenters. The molecule has 5 nitrogen and oxygen atoms in total. The van der Waals surface area contributed by atoms with E-state index in [9.17, 15) is 18.9 Å². The van der Waals surface area contributed by atoms with E-state index in [0.29, 0.717) is 0 Å². The minimum absolute atomic E-state index is 0.0447. The fraction of sp³-hybridized carbons (Fsp3) is 0.400. The van der Waals surface area contributed by atoms with Gasteiger partial charge in [-0.3, -0.25) is 10.1 Å². The van der Waals surface area contributed by atoms with Crippen molar-refractivity contribution in [3.8, 4) is 0 Å². The van der Waals surface area contributed by atoms with Crippen LogP contribution in [0.2, 0.25) is 10.0 Å². The first-order chi connectivity index (χ1) is 8.86. The summed E-state index contributed by atoms with van der Waals surface area (Å²) in [6, 6.07) is 2.05. The molecule has 0 aliphatic heterocycles. The van der Waals surface area contributed by atoms with Crippen molar-refractivity contribution >= 4 is 34.6 Å². The Balaban J connectivity index is 3.19. The summed E-state index contributed by atoms with van der Waals surface area (Å²) in [6.45, 7) is -1.17. The van der Waals surface area contributed by atoms with Gasteiger partial charge < -0.3 is 10.0 Å². The summed E-state index contributed by atoms with van der Waals surface area (Å²) >= 11 is 11.7. The molecule has 1 aromatic carbocycles. The minimum atomic E-state index is -2.66. The molecule has 0 aliphatic carbocycles. The fourth-order valence-electron chi connectivity index (χ4n) is 1.54. The summed E-state index contributed by atoms with van der Waals surface area (Å²) in [5, 5.41) is 19.2. The van der Waals surface area contributed by atoms with Gasteiger partial charge >= 0.3 is 0 Å². The molecule has 9 heteroatoms. The normalized spacial score (nSPS) is 10.8. The Morgan fingerprint density at radius 1 is 1.37 bits per heavy atom. The van der Waals surface area contributed by atoms with Gasteiger partial charge in [0.05, 0.1) is 33.8 Å². The van der Waals surface area contributed by atoms with Crippen molar-refractivity contribution in [2.45, 2.75) is 6.43 Å². The second-order valence-electron chi connectivity index (χ2n) is 3.58. The van der Waals surface area contributed by atoms with Gasteiger partial charge in [-0.05, 0) is 0 Å². The van der Waals surface area contributed by atoms with Crippen LogP contribution in [-0.2, 0) is 0 Å². The van der Waals surface area contributed by atoms with E-state index in [0.717, 1.165) is 17.0 Å². The Labute approximate surface area is 117 Å². The number of aliphatic hydroxyl groups is 1. The van der Waals surface area contributed by atoms with Gasteiger partial charge in [0.25, 0.3) is 12.1 Å². The van der Waals surface area contributed by atoms with Crippen LogP contribution in [0.15, 0.2) is 12.1 Å². The van der Waals surface area contributed by atoms with Crippen molar-refractivity contribution < 1.29 is 18.8 Å². The van der Waals surface area contributed by atoms with Gasteiger partial charge in [0.2, 0.25) is 0 Å². The number of non-ortho nitro benzene ring substituents is 1. The Morgan fingerprint density at radius 3 is 2.26 bits per heavy atom. The number of benzene rings is 1. The lowest BCUT2D eigenvalue weighted by molar-refractivity contribution is -0.384. The van der Waals surface area contributed by atoms with Gasteiger partial charge in [-0.1, -0.05) is 23.2 Å². The first-order valence-corrected chi connectivity index (χ1v) is 5.89. The highest BCUT2D eigenvalue weighted by Gasteiger charge is 2.21. The molecular weight excluding hydrogens is 305 g/mol. The van der Waals surface area contributed by atoms with Crippen molar-refractivity contribution in [2.24, 2.45) is 0 Å². The summed E-state index contributed by atoms with van der Waals surface area (Å²) < 4.78 is 24.9. The number of hydrogen-bond acceptors (Lipinski definition) is 4. The van der Waals surface area contributed by atoms with E-state index in [1.54, 1.807) is 0 Å². The second-order valence-corrected chi connectivity index (χ2v) is 4.39. The summed E-state index contributed by atoms with van der Waals surface area (Å²) in [6.07, 6.45) is -2.66. The van der Waals surface area contributed by atoms with Crippen molar-refractivity contribution in [1.82, 2.24) is 0 Å². The first kappa shape index (κ1) is 15.9. The molecule has 0 spiro atoms. The highest BCUT2D eigenvalue weighted by Crippen LogP contribution is 2.37. The van der Waals surface area contributed by atoms with Crippen molar-refractivity contribution in [3.05, 3.63) is 32.3 Å². The molecule has 0 aliphatic rings. The van der Waals surface area contributed by atoms with Crippen molar-refractivity contribution in [3.63, 3.8) is 0 Å². The molecule has 0 bridgehead atoms. The predicted octanol–water partition coefficient (Wildman–Crippen LogP) is 2.97. The van der Waals surface area contributed by atoms with Gasteiger partial charge in [-0.15, -0.1) is 0 Å². The van der Waals surface area contributed by atoms with E-state index < -0.39 is 17.9 Å². The number of nitrogens with zero attached hydrogens (tertiary/aromatic N) is 2. The molecule has 1 aromatic rings. The van der Waals surface area contributed by atoms with Gasteiger partial charge in [0.15, 0.2) is 0 Å². The minimum Gasteiger partial charge on any atom is -0.395 e. The maximum atomic E-state index is 12.4. The molecule has 0 unspecified atom stereocenters. The number of aliphatic hydroxyl groups excluding tert-OH is 1. The smallest absolute Gasteiger partial charge is 0.272 e. The maximum Gasteiger partial charge on any atom is 0.272 e. The Hall–Kier alpha value is -1.18. The third kappa shape index (κ3) is 4.15. The number of hydrogen-bond donors (Lipinski definition) is 1. The first-order valence-electron chi connectivity index (χ1n) is 5.14. The second kappa shape index (κ2) is 6.83. The van der Waals surface area contributed by atoms with Gasteiger partial charge in [-0.25, -0.2) is 8.78 Å². The summed E-state index contributed by atoms with van der Waals surface area (Å²) in [5.74, 6) is 0. The number of halogens is 4. The summed E-state index contributed by atoms with van der Waals surface area (Å²) in [4.78, 5) is 11.0. The molecule has 0 amide bonds. The Morgan fingerprint density at radius 2 is 1.89 bits per heavy atom. The number of anilines is 1. The zero-order chi connectivity index (χ0) is 14.6. The Kier molecular flexibility index (Phi) is 5.71. The van der Waals surface area contributed by atoms with Crippen molar-refractivity contribution in [1.29, 1.82) is 0 Å². The molecule has 19 heavy (non-hydrogen) atoms. The van der Waals surface area contributed by atoms with E-state index in [4.69, 9.17) is 28.3 Å². The highest BCUT2D eigenvalue weighted by atomic mass is 35.5. The monoisotopic (exact) mass is 314 g/mol. The third-order valence-corrected chi connectivity index (χ3v) is 2.83. The molecule has 106 valence electrons. The van der Waals surface area contributed by atoms with Crippen LogP contribution in [0.3, 0.4) is 0 Å². The van der Waals surface area contributed by atoms with Crippen LogP contribution < -0.4 is 4.90 Å². The lowest BCUT2D eigenvalue weighted by Crippen LogP contribution is -2.32. The van der Waals surface area contributed by atoms with E-state index in [2.05, 4.69) is 0 Å². The van der Waals surface area contributed by atoms with E-state index in [-0.39, 0.29) is 34.6 Å². The van der Waals surface area contributed by atoms with Crippen LogP contribution in [-0.4, -0.2) is 36.2 Å².